The highest BCUT2D eigenvalue weighted by atomic mass is 15.0. The number of nitrogens with one attached hydrogen (secondary N) is 2. The smallest absolute Gasteiger partial charge is 0.123 e. The Labute approximate surface area is 118 Å². The average molecular weight is 266 g/mol. The van der Waals surface area contributed by atoms with E-state index in [4.69, 9.17) is 0 Å². The van der Waals surface area contributed by atoms with Crippen molar-refractivity contribution in [3.8, 4) is 0 Å². The van der Waals surface area contributed by atoms with Crippen molar-refractivity contribution in [3.63, 3.8) is 0 Å². The van der Waals surface area contributed by atoms with Gasteiger partial charge >= 0.3 is 0 Å². The highest BCUT2D eigenvalue weighted by Crippen LogP contribution is 2.18. The molecule has 1 atom stereocenters. The minimum atomic E-state index is 0.247. The lowest BCUT2D eigenvalue weighted by atomic mass is 10.1. The monoisotopic (exact) mass is 266 g/mol. The Hall–Kier alpha value is -2.20. The van der Waals surface area contributed by atoms with Crippen molar-refractivity contribution in [2.45, 2.75) is 25.9 Å². The van der Waals surface area contributed by atoms with E-state index in [1.54, 1.807) is 6.20 Å². The number of rotatable bonds is 5. The second-order valence-electron chi connectivity index (χ2n) is 4.80. The van der Waals surface area contributed by atoms with Gasteiger partial charge in [0.05, 0.1) is 11.6 Å². The van der Waals surface area contributed by atoms with Crippen LogP contribution in [0.4, 0.5) is 0 Å². The summed E-state index contributed by atoms with van der Waals surface area (Å²) in [4.78, 5) is 11.9. The minimum Gasteiger partial charge on any atom is -0.347 e. The van der Waals surface area contributed by atoms with Gasteiger partial charge in [-0.1, -0.05) is 25.1 Å². The fraction of sp³-hybridized carbons (Fsp3) is 0.250. The van der Waals surface area contributed by atoms with Gasteiger partial charge in [0.1, 0.15) is 5.82 Å². The molecule has 0 bridgehead atoms. The van der Waals surface area contributed by atoms with Gasteiger partial charge in [-0.25, -0.2) is 4.98 Å². The van der Waals surface area contributed by atoms with Crippen LogP contribution in [0.3, 0.4) is 0 Å². The van der Waals surface area contributed by atoms with Crippen molar-refractivity contribution in [1.29, 1.82) is 0 Å². The van der Waals surface area contributed by atoms with E-state index in [9.17, 15) is 0 Å². The van der Waals surface area contributed by atoms with Crippen LogP contribution in [0.1, 0.15) is 30.8 Å². The Morgan fingerprint density at radius 3 is 2.85 bits per heavy atom. The quantitative estimate of drug-likeness (QED) is 0.745. The first-order valence-corrected chi connectivity index (χ1v) is 6.93. The molecule has 0 aliphatic rings. The van der Waals surface area contributed by atoms with Crippen LogP contribution in [-0.4, -0.2) is 15.0 Å². The van der Waals surface area contributed by atoms with E-state index in [-0.39, 0.29) is 6.04 Å². The Balaban J connectivity index is 1.80. The molecule has 0 spiro atoms. The number of aromatic amines is 1. The lowest BCUT2D eigenvalue weighted by Gasteiger charge is -2.15. The summed E-state index contributed by atoms with van der Waals surface area (Å²) in [6, 6.07) is 10.6. The molecule has 2 aromatic heterocycles. The molecular formula is C16H18N4. The standard InChI is InChI=1S/C16H18N4/c1-2-14(16-18-9-10-19-16)20-11-12-7-8-17-15-6-4-3-5-13(12)15/h3-10,14,20H,2,11H2,1H3,(H,18,19). The number of fused-ring (bicyclic) bond motifs is 1. The van der Waals surface area contributed by atoms with Gasteiger partial charge in [0, 0.05) is 30.5 Å². The van der Waals surface area contributed by atoms with Crippen molar-refractivity contribution in [3.05, 3.63) is 60.3 Å². The third kappa shape index (κ3) is 2.56. The SMILES string of the molecule is CCC(NCc1ccnc2ccccc12)c1ncc[nH]1. The molecule has 0 aliphatic heterocycles. The molecule has 3 rings (SSSR count). The van der Waals surface area contributed by atoms with Crippen molar-refractivity contribution in [2.75, 3.05) is 0 Å². The molecule has 2 N–H and O–H groups in total. The summed E-state index contributed by atoms with van der Waals surface area (Å²) in [6.45, 7) is 2.97. The van der Waals surface area contributed by atoms with Crippen molar-refractivity contribution in [1.82, 2.24) is 20.3 Å². The summed E-state index contributed by atoms with van der Waals surface area (Å²) in [5.41, 5.74) is 2.30. The zero-order valence-electron chi connectivity index (χ0n) is 11.5. The van der Waals surface area contributed by atoms with Crippen LogP contribution in [-0.2, 0) is 6.54 Å². The van der Waals surface area contributed by atoms with Crippen LogP contribution in [0.5, 0.6) is 0 Å². The van der Waals surface area contributed by atoms with E-state index in [0.29, 0.717) is 0 Å². The van der Waals surface area contributed by atoms with Crippen molar-refractivity contribution >= 4 is 10.9 Å². The number of pyridine rings is 1. The topological polar surface area (TPSA) is 53.6 Å². The molecule has 20 heavy (non-hydrogen) atoms. The number of hydrogen-bond acceptors (Lipinski definition) is 3. The van der Waals surface area contributed by atoms with E-state index >= 15 is 0 Å². The highest BCUT2D eigenvalue weighted by Gasteiger charge is 2.11. The van der Waals surface area contributed by atoms with Gasteiger partial charge in [0.25, 0.3) is 0 Å². The maximum absolute atomic E-state index is 4.39. The molecule has 0 radical (unpaired) electrons. The van der Waals surface area contributed by atoms with Crippen molar-refractivity contribution < 1.29 is 0 Å². The van der Waals surface area contributed by atoms with Gasteiger partial charge < -0.3 is 10.3 Å². The van der Waals surface area contributed by atoms with Gasteiger partial charge in [-0.2, -0.15) is 0 Å². The number of aromatic nitrogens is 3. The van der Waals surface area contributed by atoms with Crippen LogP contribution in [0.25, 0.3) is 10.9 Å². The van der Waals surface area contributed by atoms with Gasteiger partial charge in [-0.05, 0) is 24.1 Å². The molecule has 4 heteroatoms. The number of imidazole rings is 1. The number of H-pyrrole nitrogens is 1. The second kappa shape index (κ2) is 5.84. The third-order valence-corrected chi connectivity index (χ3v) is 3.54. The maximum Gasteiger partial charge on any atom is 0.123 e. The third-order valence-electron chi connectivity index (χ3n) is 3.54. The van der Waals surface area contributed by atoms with Crippen LogP contribution in [0, 0.1) is 0 Å². The summed E-state index contributed by atoms with van der Waals surface area (Å²) >= 11 is 0. The number of nitrogens with zero attached hydrogens (tertiary/aromatic N) is 2. The van der Waals surface area contributed by atoms with Crippen LogP contribution < -0.4 is 5.32 Å². The molecule has 102 valence electrons. The zero-order valence-corrected chi connectivity index (χ0v) is 11.5. The van der Waals surface area contributed by atoms with E-state index < -0.39 is 0 Å². The molecule has 1 unspecified atom stereocenters. The molecule has 0 amide bonds. The zero-order chi connectivity index (χ0) is 13.8. The van der Waals surface area contributed by atoms with E-state index in [1.165, 1.54) is 10.9 Å². The summed E-state index contributed by atoms with van der Waals surface area (Å²) in [5, 5.41) is 4.76. The molecule has 0 aliphatic carbocycles. The number of benzene rings is 1. The molecule has 0 fully saturated rings. The van der Waals surface area contributed by atoms with Crippen molar-refractivity contribution in [2.24, 2.45) is 0 Å². The lowest BCUT2D eigenvalue weighted by Crippen LogP contribution is -2.21. The normalized spacial score (nSPS) is 12.7. The van der Waals surface area contributed by atoms with Crippen LogP contribution in [0.15, 0.2) is 48.9 Å². The summed E-state index contributed by atoms with van der Waals surface area (Å²) in [6.07, 6.45) is 6.52. The first kappa shape index (κ1) is 12.8. The highest BCUT2D eigenvalue weighted by molar-refractivity contribution is 5.81. The van der Waals surface area contributed by atoms with Gasteiger partial charge in [-0.15, -0.1) is 0 Å². The van der Waals surface area contributed by atoms with E-state index in [1.807, 2.05) is 24.5 Å². The Bertz CT molecular complexity index is 671. The molecule has 1 aromatic carbocycles. The fourth-order valence-electron chi connectivity index (χ4n) is 2.44. The van der Waals surface area contributed by atoms with E-state index in [0.717, 1.165) is 24.3 Å². The first-order chi connectivity index (χ1) is 9.88. The largest absolute Gasteiger partial charge is 0.347 e. The lowest BCUT2D eigenvalue weighted by molar-refractivity contribution is 0.499. The number of hydrogen-bond donors (Lipinski definition) is 2. The van der Waals surface area contributed by atoms with Crippen LogP contribution >= 0.6 is 0 Å². The summed E-state index contributed by atoms with van der Waals surface area (Å²) in [7, 11) is 0. The molecule has 2 heterocycles. The average Bonchev–Trinajstić information content (AvgIpc) is 3.02. The van der Waals surface area contributed by atoms with Gasteiger partial charge in [0.15, 0.2) is 0 Å². The second-order valence-corrected chi connectivity index (χ2v) is 4.80. The summed E-state index contributed by atoms with van der Waals surface area (Å²) in [5.74, 6) is 0.992. The molecule has 0 saturated heterocycles. The molecular weight excluding hydrogens is 248 g/mol. The molecule has 4 nitrogen and oxygen atoms in total. The fourth-order valence-corrected chi connectivity index (χ4v) is 2.44. The summed E-state index contributed by atoms with van der Waals surface area (Å²) < 4.78 is 0. The number of para-hydroxylation sites is 1. The predicted molar refractivity (Wildman–Crippen MR) is 80.2 cm³/mol. The van der Waals surface area contributed by atoms with Crippen LogP contribution in [0.2, 0.25) is 0 Å². The predicted octanol–water partition coefficient (Wildman–Crippen LogP) is 3.20. The van der Waals surface area contributed by atoms with Gasteiger partial charge in [-0.3, -0.25) is 4.98 Å². The van der Waals surface area contributed by atoms with E-state index in [2.05, 4.69) is 45.4 Å². The molecule has 0 saturated carbocycles. The Kier molecular flexibility index (Phi) is 3.74. The Morgan fingerprint density at radius 1 is 1.15 bits per heavy atom. The Morgan fingerprint density at radius 2 is 2.05 bits per heavy atom. The minimum absolute atomic E-state index is 0.247. The molecule has 3 aromatic rings. The van der Waals surface area contributed by atoms with Gasteiger partial charge in [0.2, 0.25) is 0 Å². The first-order valence-electron chi connectivity index (χ1n) is 6.93. The maximum atomic E-state index is 4.39.